The summed E-state index contributed by atoms with van der Waals surface area (Å²) in [6.07, 6.45) is 2.54. The number of nitrogens with one attached hydrogen (secondary N) is 1. The van der Waals surface area contributed by atoms with Crippen LogP contribution >= 0.6 is 0 Å². The molecule has 112 valence electrons. The predicted octanol–water partition coefficient (Wildman–Crippen LogP) is 3.58. The van der Waals surface area contributed by atoms with Gasteiger partial charge in [-0.05, 0) is 25.1 Å². The Morgan fingerprint density at radius 3 is 2.62 bits per heavy atom. The first-order valence-corrected chi connectivity index (χ1v) is 6.84. The number of aromatic nitrogens is 1. The molecule has 2 aromatic rings. The van der Waals surface area contributed by atoms with Crippen molar-refractivity contribution in [1.29, 1.82) is 0 Å². The molecule has 1 atom stereocenters. The third-order valence-electron chi connectivity index (χ3n) is 3.16. The highest BCUT2D eigenvalue weighted by atomic mass is 19.3. The van der Waals surface area contributed by atoms with Gasteiger partial charge in [-0.3, -0.25) is 4.98 Å². The van der Waals surface area contributed by atoms with E-state index in [0.29, 0.717) is 6.54 Å². The Hall–Kier alpha value is -2.01. The zero-order valence-electron chi connectivity index (χ0n) is 11.8. The number of halogens is 2. The van der Waals surface area contributed by atoms with Crippen molar-refractivity contribution in [3.63, 3.8) is 0 Å². The first-order valence-electron chi connectivity index (χ1n) is 6.84. The van der Waals surface area contributed by atoms with Crippen LogP contribution in [0.4, 0.5) is 8.78 Å². The smallest absolute Gasteiger partial charge is 0.387 e. The first-order chi connectivity index (χ1) is 10.2. The number of benzene rings is 1. The van der Waals surface area contributed by atoms with Gasteiger partial charge in [0.2, 0.25) is 0 Å². The van der Waals surface area contributed by atoms with E-state index < -0.39 is 6.61 Å². The summed E-state index contributed by atoms with van der Waals surface area (Å²) in [4.78, 5) is 4.24. The number of para-hydroxylation sites is 1. The summed E-state index contributed by atoms with van der Waals surface area (Å²) in [6.45, 7) is -0.181. The molecule has 1 unspecified atom stereocenters. The maximum Gasteiger partial charge on any atom is 0.387 e. The van der Waals surface area contributed by atoms with E-state index in [2.05, 4.69) is 15.0 Å². The third kappa shape index (κ3) is 4.79. The van der Waals surface area contributed by atoms with Gasteiger partial charge in [0.15, 0.2) is 0 Å². The second kappa shape index (κ2) is 7.69. The van der Waals surface area contributed by atoms with E-state index in [-0.39, 0.29) is 11.8 Å². The van der Waals surface area contributed by atoms with Gasteiger partial charge >= 0.3 is 6.61 Å². The lowest BCUT2D eigenvalue weighted by Gasteiger charge is -2.18. The first kappa shape index (κ1) is 15.4. The highest BCUT2D eigenvalue weighted by Gasteiger charge is 2.13. The minimum atomic E-state index is -2.81. The minimum Gasteiger partial charge on any atom is -0.434 e. The van der Waals surface area contributed by atoms with Crippen LogP contribution in [0.2, 0.25) is 0 Å². The van der Waals surface area contributed by atoms with Gasteiger partial charge in [-0.15, -0.1) is 0 Å². The Balaban J connectivity index is 1.92. The van der Waals surface area contributed by atoms with Crippen LogP contribution in [-0.4, -0.2) is 18.1 Å². The van der Waals surface area contributed by atoms with Crippen molar-refractivity contribution in [2.75, 3.05) is 6.54 Å². The van der Waals surface area contributed by atoms with Crippen molar-refractivity contribution in [3.8, 4) is 5.75 Å². The Labute approximate surface area is 123 Å². The van der Waals surface area contributed by atoms with Gasteiger partial charge in [0.1, 0.15) is 5.75 Å². The van der Waals surface area contributed by atoms with Crippen molar-refractivity contribution in [2.24, 2.45) is 0 Å². The summed E-state index contributed by atoms with van der Waals surface area (Å²) in [6, 6.07) is 12.5. The van der Waals surface area contributed by atoms with E-state index in [0.717, 1.165) is 17.7 Å². The monoisotopic (exact) mass is 292 g/mol. The quantitative estimate of drug-likeness (QED) is 0.847. The Morgan fingerprint density at radius 1 is 1.14 bits per heavy atom. The van der Waals surface area contributed by atoms with Gasteiger partial charge < -0.3 is 10.1 Å². The van der Waals surface area contributed by atoms with Gasteiger partial charge in [0.05, 0.1) is 0 Å². The van der Waals surface area contributed by atoms with E-state index in [1.165, 1.54) is 0 Å². The molecule has 2 rings (SSSR count). The molecule has 0 saturated heterocycles. The van der Waals surface area contributed by atoms with Gasteiger partial charge in [-0.25, -0.2) is 0 Å². The summed E-state index contributed by atoms with van der Waals surface area (Å²) < 4.78 is 29.3. The average Bonchev–Trinajstić information content (AvgIpc) is 2.48. The van der Waals surface area contributed by atoms with E-state index in [9.17, 15) is 8.78 Å². The van der Waals surface area contributed by atoms with E-state index in [1.807, 2.05) is 31.2 Å². The molecule has 5 heteroatoms. The fourth-order valence-corrected chi connectivity index (χ4v) is 2.11. The van der Waals surface area contributed by atoms with Crippen LogP contribution in [0.15, 0.2) is 48.7 Å². The molecular formula is C16H18F2N2O. The Kier molecular flexibility index (Phi) is 5.63. The average molecular weight is 292 g/mol. The molecular weight excluding hydrogens is 274 g/mol. The molecule has 0 aliphatic carbocycles. The van der Waals surface area contributed by atoms with Crippen molar-refractivity contribution in [2.45, 2.75) is 26.0 Å². The number of hydrogen-bond donors (Lipinski definition) is 1. The zero-order chi connectivity index (χ0) is 15.1. The molecule has 0 fully saturated rings. The highest BCUT2D eigenvalue weighted by Crippen LogP contribution is 2.26. The SMILES string of the molecule is CC(NCCc1ccccn1)c1ccccc1OC(F)F. The summed E-state index contributed by atoms with van der Waals surface area (Å²) in [5.74, 6) is 0.213. The topological polar surface area (TPSA) is 34.2 Å². The molecule has 0 spiro atoms. The molecule has 1 aromatic heterocycles. The zero-order valence-corrected chi connectivity index (χ0v) is 11.8. The van der Waals surface area contributed by atoms with E-state index in [1.54, 1.807) is 24.4 Å². The maximum absolute atomic E-state index is 12.4. The van der Waals surface area contributed by atoms with Crippen LogP contribution in [0.1, 0.15) is 24.2 Å². The van der Waals surface area contributed by atoms with Crippen LogP contribution < -0.4 is 10.1 Å². The fourth-order valence-electron chi connectivity index (χ4n) is 2.11. The van der Waals surface area contributed by atoms with Crippen molar-refractivity contribution >= 4 is 0 Å². The molecule has 0 aliphatic rings. The fraction of sp³-hybridized carbons (Fsp3) is 0.312. The second-order valence-electron chi connectivity index (χ2n) is 4.66. The molecule has 3 nitrogen and oxygen atoms in total. The van der Waals surface area contributed by atoms with E-state index >= 15 is 0 Å². The van der Waals surface area contributed by atoms with Crippen LogP contribution in [0.3, 0.4) is 0 Å². The summed E-state index contributed by atoms with van der Waals surface area (Å²) in [7, 11) is 0. The predicted molar refractivity (Wildman–Crippen MR) is 77.4 cm³/mol. The van der Waals surface area contributed by atoms with Crippen LogP contribution in [-0.2, 0) is 6.42 Å². The van der Waals surface area contributed by atoms with Crippen LogP contribution in [0.25, 0.3) is 0 Å². The standard InChI is InChI=1S/C16H18F2N2O/c1-12(19-11-9-13-6-4-5-10-20-13)14-7-2-3-8-15(14)21-16(17)18/h2-8,10,12,16,19H,9,11H2,1H3. The molecule has 0 saturated carbocycles. The lowest BCUT2D eigenvalue weighted by molar-refractivity contribution is -0.0506. The number of ether oxygens (including phenoxy) is 1. The van der Waals surface area contributed by atoms with Gasteiger partial charge in [0.25, 0.3) is 0 Å². The van der Waals surface area contributed by atoms with Gasteiger partial charge in [0, 0.05) is 36.5 Å². The maximum atomic E-state index is 12.4. The van der Waals surface area contributed by atoms with Crippen LogP contribution in [0, 0.1) is 0 Å². The molecule has 0 amide bonds. The molecule has 1 N–H and O–H groups in total. The number of hydrogen-bond acceptors (Lipinski definition) is 3. The summed E-state index contributed by atoms with van der Waals surface area (Å²) >= 11 is 0. The third-order valence-corrected chi connectivity index (χ3v) is 3.16. The molecule has 0 bridgehead atoms. The lowest BCUT2D eigenvalue weighted by Crippen LogP contribution is -2.22. The van der Waals surface area contributed by atoms with Gasteiger partial charge in [-0.2, -0.15) is 8.78 Å². The summed E-state index contributed by atoms with van der Waals surface area (Å²) in [5, 5.41) is 3.30. The molecule has 1 aromatic carbocycles. The lowest BCUT2D eigenvalue weighted by atomic mass is 10.1. The normalized spacial score (nSPS) is 12.4. The Bertz CT molecular complexity index is 549. The Morgan fingerprint density at radius 2 is 1.90 bits per heavy atom. The van der Waals surface area contributed by atoms with Gasteiger partial charge in [-0.1, -0.05) is 24.3 Å². The molecule has 0 aliphatic heterocycles. The largest absolute Gasteiger partial charge is 0.434 e. The number of rotatable bonds is 7. The number of pyridine rings is 1. The van der Waals surface area contributed by atoms with Crippen molar-refractivity contribution < 1.29 is 13.5 Å². The number of alkyl halides is 2. The van der Waals surface area contributed by atoms with E-state index in [4.69, 9.17) is 0 Å². The molecule has 1 heterocycles. The number of nitrogens with zero attached hydrogens (tertiary/aromatic N) is 1. The molecule has 0 radical (unpaired) electrons. The van der Waals surface area contributed by atoms with Crippen molar-refractivity contribution in [1.82, 2.24) is 10.3 Å². The highest BCUT2D eigenvalue weighted by molar-refractivity contribution is 5.35. The molecule has 21 heavy (non-hydrogen) atoms. The van der Waals surface area contributed by atoms with Crippen molar-refractivity contribution in [3.05, 3.63) is 59.9 Å². The minimum absolute atomic E-state index is 0.0799. The second-order valence-corrected chi connectivity index (χ2v) is 4.66. The van der Waals surface area contributed by atoms with Crippen LogP contribution in [0.5, 0.6) is 5.75 Å². The summed E-state index contributed by atoms with van der Waals surface area (Å²) in [5.41, 5.74) is 1.72.